The number of rotatable bonds is 2. The van der Waals surface area contributed by atoms with Gasteiger partial charge in [0.15, 0.2) is 5.65 Å². The number of aromatic nitrogens is 3. The lowest BCUT2D eigenvalue weighted by molar-refractivity contribution is 0.0738. The van der Waals surface area contributed by atoms with E-state index in [0.29, 0.717) is 30.0 Å². The number of H-pyrrole nitrogens is 1. The van der Waals surface area contributed by atoms with E-state index in [4.69, 9.17) is 0 Å². The number of aromatic amines is 1. The third-order valence-corrected chi connectivity index (χ3v) is 4.22. The molecule has 1 aromatic carbocycles. The van der Waals surface area contributed by atoms with Gasteiger partial charge in [0, 0.05) is 31.7 Å². The molecule has 122 valence electrons. The lowest BCUT2D eigenvalue weighted by Gasteiger charge is -2.27. The van der Waals surface area contributed by atoms with Crippen LogP contribution in [0.15, 0.2) is 36.5 Å². The smallest absolute Gasteiger partial charge is 0.254 e. The molecule has 1 aliphatic rings. The van der Waals surface area contributed by atoms with Gasteiger partial charge in [-0.05, 0) is 30.3 Å². The van der Waals surface area contributed by atoms with Crippen molar-refractivity contribution >= 4 is 16.9 Å². The Hall–Kier alpha value is -2.93. The van der Waals surface area contributed by atoms with Gasteiger partial charge in [-0.3, -0.25) is 9.89 Å². The maximum atomic E-state index is 12.9. The SMILES string of the molecule is O=C(c1cc(-c2ccc(O)cc2)nc2[nH]ncc12)N1CCNCC1. The highest BCUT2D eigenvalue weighted by atomic mass is 16.3. The third kappa shape index (κ3) is 2.59. The number of carbonyl (C=O) groups is 1. The van der Waals surface area contributed by atoms with Crippen molar-refractivity contribution in [2.75, 3.05) is 26.2 Å². The molecule has 0 saturated carbocycles. The second-order valence-corrected chi connectivity index (χ2v) is 5.78. The second kappa shape index (κ2) is 5.93. The summed E-state index contributed by atoms with van der Waals surface area (Å²) in [6.45, 7) is 2.98. The van der Waals surface area contributed by atoms with Crippen LogP contribution in [0.1, 0.15) is 10.4 Å². The van der Waals surface area contributed by atoms with Crippen molar-refractivity contribution in [3.8, 4) is 17.0 Å². The van der Waals surface area contributed by atoms with Crippen LogP contribution in [-0.4, -0.2) is 57.3 Å². The number of aromatic hydroxyl groups is 1. The van der Waals surface area contributed by atoms with E-state index in [1.165, 1.54) is 0 Å². The summed E-state index contributed by atoms with van der Waals surface area (Å²) in [5.74, 6) is 0.184. The molecule has 1 amide bonds. The van der Waals surface area contributed by atoms with Gasteiger partial charge in [0.1, 0.15) is 5.75 Å². The first kappa shape index (κ1) is 14.6. The Morgan fingerprint density at radius 1 is 1.17 bits per heavy atom. The van der Waals surface area contributed by atoms with Crippen LogP contribution in [-0.2, 0) is 0 Å². The molecule has 0 radical (unpaired) electrons. The molecular formula is C17H17N5O2. The predicted molar refractivity (Wildman–Crippen MR) is 89.8 cm³/mol. The molecule has 3 heterocycles. The second-order valence-electron chi connectivity index (χ2n) is 5.78. The number of piperazine rings is 1. The highest BCUT2D eigenvalue weighted by molar-refractivity contribution is 6.06. The van der Waals surface area contributed by atoms with Crippen LogP contribution in [0.5, 0.6) is 5.75 Å². The summed E-state index contributed by atoms with van der Waals surface area (Å²) in [4.78, 5) is 19.3. The van der Waals surface area contributed by atoms with Crippen LogP contribution in [0.2, 0.25) is 0 Å². The van der Waals surface area contributed by atoms with Crippen LogP contribution < -0.4 is 5.32 Å². The van der Waals surface area contributed by atoms with Gasteiger partial charge in [0.2, 0.25) is 0 Å². The van der Waals surface area contributed by atoms with E-state index in [-0.39, 0.29) is 11.7 Å². The molecule has 7 nitrogen and oxygen atoms in total. The molecule has 0 atom stereocenters. The summed E-state index contributed by atoms with van der Waals surface area (Å²) in [5, 5.41) is 20.3. The number of hydrogen-bond acceptors (Lipinski definition) is 5. The normalized spacial score (nSPS) is 14.9. The summed E-state index contributed by atoms with van der Waals surface area (Å²) in [5.41, 5.74) is 2.68. The predicted octanol–water partition coefficient (Wildman–Crippen LogP) is 1.38. The largest absolute Gasteiger partial charge is 0.508 e. The summed E-state index contributed by atoms with van der Waals surface area (Å²) in [6.07, 6.45) is 1.64. The number of amides is 1. The maximum absolute atomic E-state index is 12.9. The van der Waals surface area contributed by atoms with Gasteiger partial charge in [-0.2, -0.15) is 5.10 Å². The molecule has 0 bridgehead atoms. The van der Waals surface area contributed by atoms with Crippen LogP contribution in [0.3, 0.4) is 0 Å². The molecule has 0 unspecified atom stereocenters. The van der Waals surface area contributed by atoms with E-state index in [1.807, 2.05) is 4.90 Å². The van der Waals surface area contributed by atoms with Gasteiger partial charge < -0.3 is 15.3 Å². The van der Waals surface area contributed by atoms with E-state index < -0.39 is 0 Å². The average molecular weight is 323 g/mol. The molecule has 3 aromatic rings. The fourth-order valence-corrected chi connectivity index (χ4v) is 2.92. The number of fused-ring (bicyclic) bond motifs is 1. The first-order valence-electron chi connectivity index (χ1n) is 7.86. The number of hydrogen-bond donors (Lipinski definition) is 3. The first-order chi connectivity index (χ1) is 11.7. The number of nitrogens with one attached hydrogen (secondary N) is 2. The molecule has 0 aliphatic carbocycles. The minimum atomic E-state index is -0.00896. The molecule has 3 N–H and O–H groups in total. The van der Waals surface area contributed by atoms with E-state index in [2.05, 4.69) is 20.5 Å². The zero-order valence-electron chi connectivity index (χ0n) is 13.0. The minimum Gasteiger partial charge on any atom is -0.508 e. The number of phenolic OH excluding ortho intramolecular Hbond substituents is 1. The highest BCUT2D eigenvalue weighted by Gasteiger charge is 2.22. The summed E-state index contributed by atoms with van der Waals surface area (Å²) < 4.78 is 0. The quantitative estimate of drug-likeness (QED) is 0.662. The van der Waals surface area contributed by atoms with Gasteiger partial charge in [0.05, 0.1) is 22.8 Å². The fourth-order valence-electron chi connectivity index (χ4n) is 2.92. The zero-order chi connectivity index (χ0) is 16.5. The van der Waals surface area contributed by atoms with Gasteiger partial charge >= 0.3 is 0 Å². The zero-order valence-corrected chi connectivity index (χ0v) is 13.0. The lowest BCUT2D eigenvalue weighted by Crippen LogP contribution is -2.46. The topological polar surface area (TPSA) is 94.1 Å². The van der Waals surface area contributed by atoms with Gasteiger partial charge in [0.25, 0.3) is 5.91 Å². The molecule has 1 aliphatic heterocycles. The number of benzene rings is 1. The maximum Gasteiger partial charge on any atom is 0.254 e. The van der Waals surface area contributed by atoms with Crippen LogP contribution in [0, 0.1) is 0 Å². The van der Waals surface area contributed by atoms with Crippen molar-refractivity contribution in [3.05, 3.63) is 42.1 Å². The standard InChI is InChI=1S/C17H17N5O2/c23-12-3-1-11(2-4-12)15-9-13(14-10-19-21-16(14)20-15)17(24)22-7-5-18-6-8-22/h1-4,9-10,18,23H,5-8H2,(H,19,20,21). The van der Waals surface area contributed by atoms with Crippen molar-refractivity contribution in [2.45, 2.75) is 0 Å². The number of pyridine rings is 1. The first-order valence-corrected chi connectivity index (χ1v) is 7.86. The molecule has 24 heavy (non-hydrogen) atoms. The van der Waals surface area contributed by atoms with Crippen molar-refractivity contribution in [1.82, 2.24) is 25.4 Å². The Morgan fingerprint density at radius 3 is 2.67 bits per heavy atom. The van der Waals surface area contributed by atoms with E-state index in [9.17, 15) is 9.90 Å². The van der Waals surface area contributed by atoms with Crippen molar-refractivity contribution in [3.63, 3.8) is 0 Å². The van der Waals surface area contributed by atoms with Crippen molar-refractivity contribution in [1.29, 1.82) is 0 Å². The Kier molecular flexibility index (Phi) is 3.62. The van der Waals surface area contributed by atoms with Crippen LogP contribution in [0.25, 0.3) is 22.3 Å². The Morgan fingerprint density at radius 2 is 1.92 bits per heavy atom. The molecule has 4 rings (SSSR count). The monoisotopic (exact) mass is 323 g/mol. The lowest BCUT2D eigenvalue weighted by atomic mass is 10.1. The highest BCUT2D eigenvalue weighted by Crippen LogP contribution is 2.26. The molecule has 0 spiro atoms. The molecule has 7 heteroatoms. The van der Waals surface area contributed by atoms with Crippen molar-refractivity contribution < 1.29 is 9.90 Å². The van der Waals surface area contributed by atoms with Gasteiger partial charge in [-0.25, -0.2) is 4.98 Å². The molecule has 2 aromatic heterocycles. The van der Waals surface area contributed by atoms with E-state index >= 15 is 0 Å². The average Bonchev–Trinajstić information content (AvgIpc) is 3.10. The number of carbonyl (C=O) groups excluding carboxylic acids is 1. The minimum absolute atomic E-state index is 0.00896. The number of phenols is 1. The summed E-state index contributed by atoms with van der Waals surface area (Å²) in [6, 6.07) is 8.56. The Labute approximate surface area is 138 Å². The van der Waals surface area contributed by atoms with Crippen molar-refractivity contribution in [2.24, 2.45) is 0 Å². The third-order valence-electron chi connectivity index (χ3n) is 4.22. The van der Waals surface area contributed by atoms with E-state index in [0.717, 1.165) is 24.0 Å². The van der Waals surface area contributed by atoms with Crippen LogP contribution in [0.4, 0.5) is 0 Å². The Bertz CT molecular complexity index is 882. The molecular weight excluding hydrogens is 306 g/mol. The Balaban J connectivity index is 1.80. The fraction of sp³-hybridized carbons (Fsp3) is 0.235. The van der Waals surface area contributed by atoms with Gasteiger partial charge in [-0.1, -0.05) is 0 Å². The number of nitrogens with zero attached hydrogens (tertiary/aromatic N) is 3. The summed E-state index contributed by atoms with van der Waals surface area (Å²) in [7, 11) is 0. The molecule has 1 saturated heterocycles. The van der Waals surface area contributed by atoms with Crippen LogP contribution >= 0.6 is 0 Å². The van der Waals surface area contributed by atoms with Gasteiger partial charge in [-0.15, -0.1) is 0 Å². The molecule has 1 fully saturated rings. The summed E-state index contributed by atoms with van der Waals surface area (Å²) >= 11 is 0. The van der Waals surface area contributed by atoms with E-state index in [1.54, 1.807) is 36.5 Å².